The summed E-state index contributed by atoms with van der Waals surface area (Å²) in [5, 5.41) is 4.70. The summed E-state index contributed by atoms with van der Waals surface area (Å²) in [7, 11) is 0. The number of amides is 1. The van der Waals surface area contributed by atoms with Crippen LogP contribution in [0.2, 0.25) is 5.02 Å². The fourth-order valence-corrected chi connectivity index (χ4v) is 3.49. The normalized spacial score (nSPS) is 16.8. The molecule has 1 atom stereocenters. The number of piperidine rings is 1. The van der Waals surface area contributed by atoms with Gasteiger partial charge >= 0.3 is 0 Å². The average Bonchev–Trinajstić information content (AvgIpc) is 3.23. The summed E-state index contributed by atoms with van der Waals surface area (Å²) in [5.41, 5.74) is 0.808. The van der Waals surface area contributed by atoms with Crippen molar-refractivity contribution in [1.29, 1.82) is 0 Å². The van der Waals surface area contributed by atoms with Gasteiger partial charge < -0.3 is 14.2 Å². The molecule has 0 bridgehead atoms. The number of nitrogens with zero attached hydrogens (tertiary/aromatic N) is 3. The van der Waals surface area contributed by atoms with E-state index < -0.39 is 0 Å². The topological polar surface area (TPSA) is 68.5 Å². The predicted octanol–water partition coefficient (Wildman–Crippen LogP) is 4.18. The van der Waals surface area contributed by atoms with Crippen molar-refractivity contribution in [1.82, 2.24) is 15.0 Å². The zero-order valence-electron chi connectivity index (χ0n) is 15.3. The van der Waals surface area contributed by atoms with Gasteiger partial charge in [0.1, 0.15) is 5.75 Å². The lowest BCUT2D eigenvalue weighted by Crippen LogP contribution is -2.41. The van der Waals surface area contributed by atoms with Crippen LogP contribution in [-0.2, 0) is 4.79 Å². The van der Waals surface area contributed by atoms with Crippen LogP contribution < -0.4 is 4.74 Å². The molecule has 2 heterocycles. The van der Waals surface area contributed by atoms with Crippen LogP contribution in [0.4, 0.5) is 0 Å². The summed E-state index contributed by atoms with van der Waals surface area (Å²) in [6.45, 7) is 1.28. The largest absolute Gasteiger partial charge is 0.484 e. The molecule has 28 heavy (non-hydrogen) atoms. The Morgan fingerprint density at radius 3 is 2.89 bits per heavy atom. The van der Waals surface area contributed by atoms with Crippen molar-refractivity contribution >= 4 is 17.5 Å². The molecule has 1 aliphatic heterocycles. The van der Waals surface area contributed by atoms with Crippen molar-refractivity contribution < 1.29 is 14.1 Å². The van der Waals surface area contributed by atoms with Gasteiger partial charge in [-0.2, -0.15) is 4.98 Å². The summed E-state index contributed by atoms with van der Waals surface area (Å²) in [6.07, 6.45) is 1.79. The standard InChI is InChI=1S/C21H20ClN3O3/c22-17-8-4-6-15(12-17)20-23-21(28-24-20)16-7-5-11-25(13-16)19(26)14-27-18-9-2-1-3-10-18/h1-4,6,8-10,12,16H,5,7,11,13-14H2. The van der Waals surface area contributed by atoms with Crippen LogP contribution in [-0.4, -0.2) is 40.6 Å². The molecule has 0 aliphatic carbocycles. The number of benzene rings is 2. The Labute approximate surface area is 168 Å². The van der Waals surface area contributed by atoms with Crippen LogP contribution in [0.25, 0.3) is 11.4 Å². The van der Waals surface area contributed by atoms with Gasteiger partial charge in [0.25, 0.3) is 5.91 Å². The molecule has 0 N–H and O–H groups in total. The number of hydrogen-bond acceptors (Lipinski definition) is 5. The van der Waals surface area contributed by atoms with Gasteiger partial charge in [-0.1, -0.05) is 47.1 Å². The number of carbonyl (C=O) groups excluding carboxylic acids is 1. The fourth-order valence-electron chi connectivity index (χ4n) is 3.30. The highest BCUT2D eigenvalue weighted by molar-refractivity contribution is 6.30. The monoisotopic (exact) mass is 397 g/mol. The number of para-hydroxylation sites is 1. The minimum Gasteiger partial charge on any atom is -0.484 e. The fraction of sp³-hybridized carbons (Fsp3) is 0.286. The molecule has 3 aromatic rings. The number of hydrogen-bond donors (Lipinski definition) is 0. The molecule has 7 heteroatoms. The lowest BCUT2D eigenvalue weighted by Gasteiger charge is -2.30. The second kappa shape index (κ2) is 8.44. The van der Waals surface area contributed by atoms with Crippen LogP contribution in [0.15, 0.2) is 59.1 Å². The highest BCUT2D eigenvalue weighted by Crippen LogP contribution is 2.28. The maximum Gasteiger partial charge on any atom is 0.260 e. The van der Waals surface area contributed by atoms with Gasteiger partial charge in [0, 0.05) is 23.7 Å². The molecule has 4 rings (SSSR count). The van der Waals surface area contributed by atoms with E-state index in [1.165, 1.54) is 0 Å². The lowest BCUT2D eigenvalue weighted by molar-refractivity contribution is -0.134. The van der Waals surface area contributed by atoms with Gasteiger partial charge in [0.15, 0.2) is 6.61 Å². The second-order valence-corrected chi connectivity index (χ2v) is 7.18. The van der Waals surface area contributed by atoms with E-state index in [4.69, 9.17) is 20.9 Å². The summed E-state index contributed by atoms with van der Waals surface area (Å²) >= 11 is 6.04. The van der Waals surface area contributed by atoms with Crippen molar-refractivity contribution in [2.75, 3.05) is 19.7 Å². The van der Waals surface area contributed by atoms with Crippen LogP contribution >= 0.6 is 11.6 Å². The number of aromatic nitrogens is 2. The maximum absolute atomic E-state index is 12.5. The van der Waals surface area contributed by atoms with Gasteiger partial charge in [-0.25, -0.2) is 0 Å². The first kappa shape index (κ1) is 18.5. The molecule has 6 nitrogen and oxygen atoms in total. The number of rotatable bonds is 5. The highest BCUT2D eigenvalue weighted by atomic mass is 35.5. The van der Waals surface area contributed by atoms with Crippen molar-refractivity contribution in [3.05, 3.63) is 65.5 Å². The van der Waals surface area contributed by atoms with Crippen molar-refractivity contribution in [3.63, 3.8) is 0 Å². The molecule has 1 fully saturated rings. The van der Waals surface area contributed by atoms with Crippen LogP contribution in [0, 0.1) is 0 Å². The highest BCUT2D eigenvalue weighted by Gasteiger charge is 2.29. The number of ether oxygens (including phenoxy) is 1. The van der Waals surface area contributed by atoms with Gasteiger partial charge in [-0.3, -0.25) is 4.79 Å². The molecule has 0 saturated carbocycles. The van der Waals surface area contributed by atoms with Gasteiger partial charge in [0.05, 0.1) is 5.92 Å². The molecule has 1 aliphatic rings. The number of carbonyl (C=O) groups is 1. The van der Waals surface area contributed by atoms with Crippen molar-refractivity contribution in [3.8, 4) is 17.1 Å². The second-order valence-electron chi connectivity index (χ2n) is 6.75. The molecule has 1 amide bonds. The van der Waals surface area contributed by atoms with Gasteiger partial charge in [-0.05, 0) is 37.1 Å². The molecular formula is C21H20ClN3O3. The van der Waals surface area contributed by atoms with E-state index in [0.717, 1.165) is 18.4 Å². The van der Waals surface area contributed by atoms with E-state index >= 15 is 0 Å². The molecule has 0 radical (unpaired) electrons. The Bertz CT molecular complexity index is 945. The minimum atomic E-state index is -0.0388. The van der Waals surface area contributed by atoms with E-state index in [9.17, 15) is 4.79 Å². The third kappa shape index (κ3) is 4.34. The molecule has 1 aromatic heterocycles. The summed E-state index contributed by atoms with van der Waals surface area (Å²) in [6, 6.07) is 16.7. The Hall–Kier alpha value is -2.86. The van der Waals surface area contributed by atoms with E-state index in [-0.39, 0.29) is 18.4 Å². The molecular weight excluding hydrogens is 378 g/mol. The zero-order valence-corrected chi connectivity index (χ0v) is 16.0. The van der Waals surface area contributed by atoms with E-state index in [0.29, 0.717) is 35.6 Å². The first-order chi connectivity index (χ1) is 13.7. The van der Waals surface area contributed by atoms with E-state index in [1.807, 2.05) is 42.5 Å². The first-order valence-corrected chi connectivity index (χ1v) is 9.62. The zero-order chi connectivity index (χ0) is 19.3. The Morgan fingerprint density at radius 1 is 1.21 bits per heavy atom. The van der Waals surface area contributed by atoms with Crippen LogP contribution in [0.5, 0.6) is 5.75 Å². The smallest absolute Gasteiger partial charge is 0.260 e. The summed E-state index contributed by atoms with van der Waals surface area (Å²) in [4.78, 5) is 18.9. The maximum atomic E-state index is 12.5. The summed E-state index contributed by atoms with van der Waals surface area (Å²) < 4.78 is 11.1. The predicted molar refractivity (Wildman–Crippen MR) is 105 cm³/mol. The Kier molecular flexibility index (Phi) is 5.58. The average molecular weight is 398 g/mol. The van der Waals surface area contributed by atoms with E-state index in [2.05, 4.69) is 10.1 Å². The Balaban J connectivity index is 1.39. The molecule has 2 aromatic carbocycles. The summed E-state index contributed by atoms with van der Waals surface area (Å²) in [5.74, 6) is 1.73. The van der Waals surface area contributed by atoms with Crippen molar-refractivity contribution in [2.24, 2.45) is 0 Å². The Morgan fingerprint density at radius 2 is 2.07 bits per heavy atom. The quantitative estimate of drug-likeness (QED) is 0.646. The van der Waals surface area contributed by atoms with Gasteiger partial charge in [-0.15, -0.1) is 0 Å². The first-order valence-electron chi connectivity index (χ1n) is 9.24. The molecule has 1 unspecified atom stereocenters. The third-order valence-electron chi connectivity index (χ3n) is 4.75. The molecule has 0 spiro atoms. The van der Waals surface area contributed by atoms with Gasteiger partial charge in [0.2, 0.25) is 11.7 Å². The van der Waals surface area contributed by atoms with Crippen LogP contribution in [0.1, 0.15) is 24.7 Å². The third-order valence-corrected chi connectivity index (χ3v) is 4.99. The minimum absolute atomic E-state index is 0.0222. The lowest BCUT2D eigenvalue weighted by atomic mass is 9.98. The van der Waals surface area contributed by atoms with Crippen LogP contribution in [0.3, 0.4) is 0 Å². The SMILES string of the molecule is O=C(COc1ccccc1)N1CCCC(c2nc(-c3cccc(Cl)c3)no2)C1. The molecule has 1 saturated heterocycles. The molecule has 144 valence electrons. The van der Waals surface area contributed by atoms with E-state index in [1.54, 1.807) is 17.0 Å². The number of halogens is 1. The number of likely N-dealkylation sites (tertiary alicyclic amines) is 1. The van der Waals surface area contributed by atoms with Crippen molar-refractivity contribution in [2.45, 2.75) is 18.8 Å².